The summed E-state index contributed by atoms with van der Waals surface area (Å²) in [7, 11) is 0. The first kappa shape index (κ1) is 17.3. The molecule has 0 radical (unpaired) electrons. The summed E-state index contributed by atoms with van der Waals surface area (Å²) in [5.74, 6) is -0.544. The zero-order chi connectivity index (χ0) is 17.8. The number of hydrazone groups is 1. The Bertz CT molecular complexity index is 904. The number of amides is 1. The van der Waals surface area contributed by atoms with Gasteiger partial charge in [-0.25, -0.2) is 14.5 Å². The second-order valence-electron chi connectivity index (χ2n) is 5.23. The Morgan fingerprint density at radius 3 is 2.84 bits per heavy atom. The Labute approximate surface area is 152 Å². The predicted molar refractivity (Wildman–Crippen MR) is 97.0 cm³/mol. The average Bonchev–Trinajstić information content (AvgIpc) is 3.18. The molecule has 0 spiro atoms. The van der Waals surface area contributed by atoms with E-state index >= 15 is 0 Å². The normalized spacial score (nSPS) is 11.2. The molecular weight excluding hydrogens is 363 g/mol. The van der Waals surface area contributed by atoms with Gasteiger partial charge in [0.25, 0.3) is 0 Å². The van der Waals surface area contributed by atoms with Crippen molar-refractivity contribution in [3.63, 3.8) is 0 Å². The van der Waals surface area contributed by atoms with Gasteiger partial charge in [0.2, 0.25) is 5.91 Å². The van der Waals surface area contributed by atoms with Crippen LogP contribution < -0.4 is 5.43 Å². The Hall–Kier alpha value is -2.51. The van der Waals surface area contributed by atoms with Gasteiger partial charge >= 0.3 is 0 Å². The minimum Gasteiger partial charge on any atom is -0.273 e. The number of hydrogen-bond donors (Lipinski definition) is 1. The number of rotatable bonds is 5. The van der Waals surface area contributed by atoms with Crippen LogP contribution >= 0.6 is 22.9 Å². The largest absolute Gasteiger partial charge is 0.273 e. The summed E-state index contributed by atoms with van der Waals surface area (Å²) in [4.78, 5) is 12.8. The molecule has 0 saturated heterocycles. The van der Waals surface area contributed by atoms with Gasteiger partial charge < -0.3 is 0 Å². The molecule has 0 atom stereocenters. The average molecular weight is 377 g/mol. The molecule has 128 valence electrons. The van der Waals surface area contributed by atoms with Crippen molar-refractivity contribution in [1.82, 2.24) is 15.2 Å². The lowest BCUT2D eigenvalue weighted by Gasteiger charge is -2.02. The molecule has 3 aromatic rings. The number of carbonyl (C=O) groups is 1. The summed E-state index contributed by atoms with van der Waals surface area (Å²) in [6.45, 7) is 1.78. The molecule has 25 heavy (non-hydrogen) atoms. The van der Waals surface area contributed by atoms with Gasteiger partial charge in [0, 0.05) is 4.88 Å². The van der Waals surface area contributed by atoms with Crippen LogP contribution in [0, 0.1) is 12.7 Å². The maximum absolute atomic E-state index is 13.0. The third-order valence-corrected chi connectivity index (χ3v) is 4.66. The van der Waals surface area contributed by atoms with Crippen molar-refractivity contribution >= 4 is 35.1 Å². The van der Waals surface area contributed by atoms with Crippen molar-refractivity contribution in [2.75, 3.05) is 0 Å². The number of thiophene rings is 1. The first-order valence-electron chi connectivity index (χ1n) is 7.40. The molecule has 2 heterocycles. The molecule has 1 amide bonds. The van der Waals surface area contributed by atoms with Crippen molar-refractivity contribution in [2.45, 2.75) is 13.3 Å². The van der Waals surface area contributed by atoms with E-state index in [9.17, 15) is 9.18 Å². The third-order valence-electron chi connectivity index (χ3n) is 3.42. The maximum atomic E-state index is 13.0. The predicted octanol–water partition coefficient (Wildman–Crippen LogP) is 3.73. The molecule has 8 heteroatoms. The number of nitrogens with one attached hydrogen (secondary N) is 1. The van der Waals surface area contributed by atoms with Gasteiger partial charge in [0.05, 0.1) is 29.6 Å². The van der Waals surface area contributed by atoms with Crippen LogP contribution in [0.1, 0.15) is 16.1 Å². The summed E-state index contributed by atoms with van der Waals surface area (Å²) >= 11 is 7.85. The molecule has 5 nitrogen and oxygen atoms in total. The first-order chi connectivity index (χ1) is 12.0. The van der Waals surface area contributed by atoms with Crippen molar-refractivity contribution < 1.29 is 9.18 Å². The van der Waals surface area contributed by atoms with E-state index in [0.29, 0.717) is 22.1 Å². The summed E-state index contributed by atoms with van der Waals surface area (Å²) in [5.41, 5.74) is 4.34. The SMILES string of the molecule is Cc1nn(-c2ccc(F)cc2)c(Cl)c1/C=N\NC(=O)Cc1cccs1. The van der Waals surface area contributed by atoms with Crippen molar-refractivity contribution in [1.29, 1.82) is 0 Å². The minimum absolute atomic E-state index is 0.210. The second-order valence-corrected chi connectivity index (χ2v) is 6.62. The fraction of sp³-hybridized carbons (Fsp3) is 0.118. The Kier molecular flexibility index (Phi) is 5.25. The topological polar surface area (TPSA) is 59.3 Å². The highest BCUT2D eigenvalue weighted by atomic mass is 35.5. The van der Waals surface area contributed by atoms with Gasteiger partial charge in [0.1, 0.15) is 11.0 Å². The van der Waals surface area contributed by atoms with E-state index in [-0.39, 0.29) is 18.1 Å². The highest BCUT2D eigenvalue weighted by Gasteiger charge is 2.13. The number of nitrogens with zero attached hydrogens (tertiary/aromatic N) is 3. The van der Waals surface area contributed by atoms with Crippen molar-refractivity contribution in [2.24, 2.45) is 5.10 Å². The molecular formula is C17H14ClFN4OS. The Morgan fingerprint density at radius 2 is 2.16 bits per heavy atom. The Morgan fingerprint density at radius 1 is 1.40 bits per heavy atom. The minimum atomic E-state index is -0.334. The molecule has 0 aliphatic heterocycles. The smallest absolute Gasteiger partial charge is 0.245 e. The van der Waals surface area contributed by atoms with Gasteiger partial charge in [-0.05, 0) is 42.6 Å². The lowest BCUT2D eigenvalue weighted by atomic mass is 10.3. The van der Waals surface area contributed by atoms with Crippen LogP contribution in [0.3, 0.4) is 0 Å². The number of benzene rings is 1. The van der Waals surface area contributed by atoms with E-state index < -0.39 is 0 Å². The number of aromatic nitrogens is 2. The van der Waals surface area contributed by atoms with E-state index in [2.05, 4.69) is 15.6 Å². The van der Waals surface area contributed by atoms with Gasteiger partial charge in [0.15, 0.2) is 0 Å². The molecule has 0 fully saturated rings. The Balaban J connectivity index is 1.72. The van der Waals surface area contributed by atoms with Gasteiger partial charge in [-0.1, -0.05) is 17.7 Å². The maximum Gasteiger partial charge on any atom is 0.245 e. The summed E-state index contributed by atoms with van der Waals surface area (Å²) in [6, 6.07) is 9.61. The van der Waals surface area contributed by atoms with Crippen LogP contribution in [0.5, 0.6) is 0 Å². The summed E-state index contributed by atoms with van der Waals surface area (Å²) < 4.78 is 14.5. The fourth-order valence-corrected chi connectivity index (χ4v) is 3.22. The van der Waals surface area contributed by atoms with Crippen LogP contribution in [0.2, 0.25) is 5.15 Å². The van der Waals surface area contributed by atoms with Crippen LogP contribution in [0.4, 0.5) is 4.39 Å². The van der Waals surface area contributed by atoms with E-state index in [4.69, 9.17) is 11.6 Å². The van der Waals surface area contributed by atoms with E-state index in [0.717, 1.165) is 4.88 Å². The molecule has 0 unspecified atom stereocenters. The quantitative estimate of drug-likeness (QED) is 0.545. The zero-order valence-electron chi connectivity index (χ0n) is 13.2. The molecule has 0 bridgehead atoms. The highest BCUT2D eigenvalue weighted by molar-refractivity contribution is 7.10. The van der Waals surface area contributed by atoms with E-state index in [1.165, 1.54) is 34.4 Å². The lowest BCUT2D eigenvalue weighted by Crippen LogP contribution is -2.19. The molecule has 0 aliphatic rings. The lowest BCUT2D eigenvalue weighted by molar-refractivity contribution is -0.120. The third kappa shape index (κ3) is 4.12. The molecule has 0 aliphatic carbocycles. The van der Waals surface area contributed by atoms with Crippen molar-refractivity contribution in [3.05, 3.63) is 68.9 Å². The van der Waals surface area contributed by atoms with E-state index in [1.807, 2.05) is 17.5 Å². The number of hydrogen-bond acceptors (Lipinski definition) is 4. The summed E-state index contributed by atoms with van der Waals surface area (Å²) in [6.07, 6.45) is 1.73. The fourth-order valence-electron chi connectivity index (χ4n) is 2.19. The first-order valence-corrected chi connectivity index (χ1v) is 8.65. The van der Waals surface area contributed by atoms with Crippen LogP contribution in [-0.4, -0.2) is 21.9 Å². The summed E-state index contributed by atoms with van der Waals surface area (Å²) in [5, 5.41) is 10.5. The van der Waals surface area contributed by atoms with Crippen molar-refractivity contribution in [3.8, 4) is 5.69 Å². The molecule has 1 N–H and O–H groups in total. The van der Waals surface area contributed by atoms with Gasteiger partial charge in [-0.3, -0.25) is 4.79 Å². The monoisotopic (exact) mass is 376 g/mol. The van der Waals surface area contributed by atoms with Crippen LogP contribution in [0.15, 0.2) is 46.9 Å². The molecule has 0 saturated carbocycles. The standard InChI is InChI=1S/C17H14ClFN4OS/c1-11-15(10-20-21-16(24)9-14-3-2-8-25-14)17(18)23(22-11)13-6-4-12(19)5-7-13/h2-8,10H,9H2,1H3,(H,21,24)/b20-10-. The zero-order valence-corrected chi connectivity index (χ0v) is 14.8. The van der Waals surface area contributed by atoms with Crippen LogP contribution in [-0.2, 0) is 11.2 Å². The molecule has 1 aromatic carbocycles. The second kappa shape index (κ2) is 7.58. The number of halogens is 2. The number of aryl methyl sites for hydroxylation is 1. The molecule has 3 rings (SSSR count). The number of carbonyl (C=O) groups excluding carboxylic acids is 1. The highest BCUT2D eigenvalue weighted by Crippen LogP contribution is 2.22. The van der Waals surface area contributed by atoms with Gasteiger partial charge in [-0.15, -0.1) is 11.3 Å². The molecule has 2 aromatic heterocycles. The van der Waals surface area contributed by atoms with Crippen LogP contribution in [0.25, 0.3) is 5.69 Å². The van der Waals surface area contributed by atoms with Gasteiger partial charge in [-0.2, -0.15) is 10.2 Å². The van der Waals surface area contributed by atoms with E-state index in [1.54, 1.807) is 19.1 Å².